The van der Waals surface area contributed by atoms with Crippen LogP contribution in [0.25, 0.3) is 10.2 Å². The molecule has 0 aliphatic rings. The molecular weight excluding hydrogens is 290 g/mol. The number of anilines is 2. The summed E-state index contributed by atoms with van der Waals surface area (Å²) in [5, 5.41) is 13.7. The van der Waals surface area contributed by atoms with Crippen molar-refractivity contribution in [2.45, 2.75) is 6.92 Å². The quantitative estimate of drug-likeness (QED) is 0.734. The molecule has 0 saturated carbocycles. The van der Waals surface area contributed by atoms with Crippen LogP contribution in [0, 0.1) is 18.3 Å². The topological polar surface area (TPSA) is 48.7 Å². The van der Waals surface area contributed by atoms with E-state index in [-0.39, 0.29) is 0 Å². The predicted octanol–water partition coefficient (Wildman–Crippen LogP) is 4.87. The second-order valence-electron chi connectivity index (χ2n) is 4.37. The maximum Gasteiger partial charge on any atom is 0.188 e. The Labute approximate surface area is 125 Å². The maximum atomic E-state index is 8.96. The highest BCUT2D eigenvalue weighted by Gasteiger charge is 2.08. The van der Waals surface area contributed by atoms with Crippen LogP contribution in [-0.2, 0) is 0 Å². The van der Waals surface area contributed by atoms with Gasteiger partial charge in [0.25, 0.3) is 0 Å². The normalized spacial score (nSPS) is 10.4. The summed E-state index contributed by atoms with van der Waals surface area (Å²) in [6.07, 6.45) is 0. The number of nitrogens with one attached hydrogen (secondary N) is 1. The molecule has 98 valence electrons. The van der Waals surface area contributed by atoms with E-state index in [1.165, 1.54) is 11.3 Å². The van der Waals surface area contributed by atoms with E-state index in [9.17, 15) is 0 Å². The van der Waals surface area contributed by atoms with E-state index in [0.29, 0.717) is 10.6 Å². The van der Waals surface area contributed by atoms with E-state index >= 15 is 0 Å². The molecule has 0 saturated heterocycles. The van der Waals surface area contributed by atoms with Crippen molar-refractivity contribution in [1.82, 2.24) is 4.98 Å². The number of rotatable bonds is 2. The van der Waals surface area contributed by atoms with Crippen molar-refractivity contribution in [2.75, 3.05) is 5.32 Å². The van der Waals surface area contributed by atoms with Crippen molar-refractivity contribution >= 4 is 44.0 Å². The highest BCUT2D eigenvalue weighted by molar-refractivity contribution is 7.22. The molecule has 0 bridgehead atoms. The lowest BCUT2D eigenvalue weighted by atomic mass is 10.1. The third-order valence-electron chi connectivity index (χ3n) is 2.98. The lowest BCUT2D eigenvalue weighted by Gasteiger charge is -2.06. The van der Waals surface area contributed by atoms with Gasteiger partial charge in [0, 0.05) is 5.69 Å². The first-order valence-corrected chi connectivity index (χ1v) is 7.19. The molecule has 0 radical (unpaired) electrons. The summed E-state index contributed by atoms with van der Waals surface area (Å²) < 4.78 is 0.964. The third kappa shape index (κ3) is 2.34. The SMILES string of the molecule is Cc1ccc(C#N)cc1Nc1nc2cccc(Cl)c2s1. The van der Waals surface area contributed by atoms with Crippen molar-refractivity contribution in [1.29, 1.82) is 5.26 Å². The van der Waals surface area contributed by atoms with Gasteiger partial charge in [-0.1, -0.05) is 35.1 Å². The average molecular weight is 300 g/mol. The highest BCUT2D eigenvalue weighted by atomic mass is 35.5. The first-order chi connectivity index (χ1) is 9.67. The van der Waals surface area contributed by atoms with E-state index in [4.69, 9.17) is 16.9 Å². The van der Waals surface area contributed by atoms with Crippen LogP contribution >= 0.6 is 22.9 Å². The summed E-state index contributed by atoms with van der Waals surface area (Å²) in [7, 11) is 0. The molecule has 0 spiro atoms. The molecule has 0 aliphatic heterocycles. The molecule has 5 heteroatoms. The van der Waals surface area contributed by atoms with Gasteiger partial charge in [0.15, 0.2) is 5.13 Å². The van der Waals surface area contributed by atoms with Gasteiger partial charge in [0.1, 0.15) is 0 Å². The van der Waals surface area contributed by atoms with Crippen molar-refractivity contribution in [3.05, 3.63) is 52.5 Å². The second-order valence-corrected chi connectivity index (χ2v) is 5.78. The van der Waals surface area contributed by atoms with Gasteiger partial charge in [0.2, 0.25) is 0 Å². The van der Waals surface area contributed by atoms with Gasteiger partial charge in [-0.05, 0) is 36.8 Å². The van der Waals surface area contributed by atoms with Crippen molar-refractivity contribution in [3.8, 4) is 6.07 Å². The minimum Gasteiger partial charge on any atom is -0.331 e. The van der Waals surface area contributed by atoms with E-state index in [0.717, 1.165) is 26.6 Å². The number of hydrogen-bond donors (Lipinski definition) is 1. The highest BCUT2D eigenvalue weighted by Crippen LogP contribution is 2.33. The Hall–Kier alpha value is -2.09. The fourth-order valence-electron chi connectivity index (χ4n) is 1.91. The summed E-state index contributed by atoms with van der Waals surface area (Å²) in [6.45, 7) is 1.99. The minimum absolute atomic E-state index is 0.622. The fraction of sp³-hybridized carbons (Fsp3) is 0.0667. The Morgan fingerprint density at radius 1 is 1.30 bits per heavy atom. The molecule has 2 aromatic carbocycles. The van der Waals surface area contributed by atoms with E-state index in [1.807, 2.05) is 37.3 Å². The van der Waals surface area contributed by atoms with Crippen molar-refractivity contribution < 1.29 is 0 Å². The molecule has 20 heavy (non-hydrogen) atoms. The summed E-state index contributed by atoms with van der Waals surface area (Å²) in [5.74, 6) is 0. The number of hydrogen-bond acceptors (Lipinski definition) is 4. The Morgan fingerprint density at radius 3 is 2.90 bits per heavy atom. The Balaban J connectivity index is 2.01. The number of nitrogens with zero attached hydrogens (tertiary/aromatic N) is 2. The lowest BCUT2D eigenvalue weighted by molar-refractivity contribution is 1.38. The average Bonchev–Trinajstić information content (AvgIpc) is 2.85. The number of thiazole rings is 1. The predicted molar refractivity (Wildman–Crippen MR) is 83.8 cm³/mol. The van der Waals surface area contributed by atoms with Gasteiger partial charge in [-0.3, -0.25) is 0 Å². The molecule has 0 atom stereocenters. The Bertz CT molecular complexity index is 833. The molecule has 0 amide bonds. The van der Waals surface area contributed by atoms with Crippen molar-refractivity contribution in [3.63, 3.8) is 0 Å². The number of benzene rings is 2. The summed E-state index contributed by atoms with van der Waals surface area (Å²) in [4.78, 5) is 4.51. The molecule has 3 rings (SSSR count). The number of halogens is 1. The Morgan fingerprint density at radius 2 is 2.15 bits per heavy atom. The largest absolute Gasteiger partial charge is 0.331 e. The van der Waals surface area contributed by atoms with Crippen LogP contribution in [0.15, 0.2) is 36.4 Å². The summed E-state index contributed by atoms with van der Waals surface area (Å²) in [5.41, 5.74) is 3.45. The van der Waals surface area contributed by atoms with Crippen LogP contribution in [-0.4, -0.2) is 4.98 Å². The zero-order valence-electron chi connectivity index (χ0n) is 10.6. The maximum absolute atomic E-state index is 8.96. The molecule has 3 nitrogen and oxygen atoms in total. The fourth-order valence-corrected chi connectivity index (χ4v) is 3.08. The van der Waals surface area contributed by atoms with E-state index in [1.54, 1.807) is 6.07 Å². The third-order valence-corrected chi connectivity index (χ3v) is 4.42. The van der Waals surface area contributed by atoms with Crippen LogP contribution in [0.5, 0.6) is 0 Å². The number of aromatic nitrogens is 1. The molecule has 3 aromatic rings. The molecule has 0 fully saturated rings. The van der Waals surface area contributed by atoms with Gasteiger partial charge in [-0.2, -0.15) is 5.26 Å². The van der Waals surface area contributed by atoms with Gasteiger partial charge in [0.05, 0.1) is 26.9 Å². The smallest absolute Gasteiger partial charge is 0.188 e. The van der Waals surface area contributed by atoms with E-state index in [2.05, 4.69) is 16.4 Å². The van der Waals surface area contributed by atoms with Crippen LogP contribution in [0.1, 0.15) is 11.1 Å². The van der Waals surface area contributed by atoms with Crippen LogP contribution in [0.2, 0.25) is 5.02 Å². The summed E-state index contributed by atoms with van der Waals surface area (Å²) in [6, 6.07) is 13.4. The first kappa shape index (κ1) is 12.9. The van der Waals surface area contributed by atoms with Crippen LogP contribution in [0.4, 0.5) is 10.8 Å². The standard InChI is InChI=1S/C15H10ClN3S/c1-9-5-6-10(8-17)7-13(9)19-15-18-12-4-2-3-11(16)14(12)20-15/h2-7H,1H3,(H,18,19). The second kappa shape index (κ2) is 5.12. The van der Waals surface area contributed by atoms with Crippen molar-refractivity contribution in [2.24, 2.45) is 0 Å². The van der Waals surface area contributed by atoms with Gasteiger partial charge in [-0.25, -0.2) is 4.98 Å². The molecule has 1 N–H and O–H groups in total. The van der Waals surface area contributed by atoms with Gasteiger partial charge >= 0.3 is 0 Å². The van der Waals surface area contributed by atoms with Gasteiger partial charge < -0.3 is 5.32 Å². The zero-order valence-corrected chi connectivity index (χ0v) is 12.2. The number of nitriles is 1. The van der Waals surface area contributed by atoms with Gasteiger partial charge in [-0.15, -0.1) is 0 Å². The summed E-state index contributed by atoms with van der Waals surface area (Å²) >= 11 is 7.66. The number of aryl methyl sites for hydroxylation is 1. The monoisotopic (exact) mass is 299 g/mol. The van der Waals surface area contributed by atoms with Crippen LogP contribution in [0.3, 0.4) is 0 Å². The Kier molecular flexibility index (Phi) is 3.31. The molecular formula is C15H10ClN3S. The number of fused-ring (bicyclic) bond motifs is 1. The molecule has 1 heterocycles. The van der Waals surface area contributed by atoms with Crippen LogP contribution < -0.4 is 5.32 Å². The van der Waals surface area contributed by atoms with E-state index < -0.39 is 0 Å². The zero-order chi connectivity index (χ0) is 14.1. The molecule has 0 unspecified atom stereocenters. The lowest BCUT2D eigenvalue weighted by Crippen LogP contribution is -1.93. The first-order valence-electron chi connectivity index (χ1n) is 6.00. The molecule has 1 aromatic heterocycles. The minimum atomic E-state index is 0.622. The molecule has 0 aliphatic carbocycles.